The minimum absolute atomic E-state index is 0.161. The van der Waals surface area contributed by atoms with E-state index in [1.165, 1.54) is 6.07 Å². The van der Waals surface area contributed by atoms with Crippen LogP contribution in [-0.2, 0) is 6.54 Å². The minimum Gasteiger partial charge on any atom is -0.315 e. The smallest absolute Gasteiger partial charge is 0.123 e. The first-order valence-corrected chi connectivity index (χ1v) is 5.90. The Kier molecular flexibility index (Phi) is 6.04. The Labute approximate surface area is 97.3 Å². The SMILES string of the molecule is CCCNCCNCc1ccc(F)cc1C. The van der Waals surface area contributed by atoms with Gasteiger partial charge in [0.1, 0.15) is 5.82 Å². The van der Waals surface area contributed by atoms with E-state index in [1.54, 1.807) is 6.07 Å². The van der Waals surface area contributed by atoms with Crippen molar-refractivity contribution in [2.45, 2.75) is 26.8 Å². The third kappa shape index (κ3) is 4.73. The first kappa shape index (κ1) is 13.1. The third-order valence-electron chi connectivity index (χ3n) is 2.53. The summed E-state index contributed by atoms with van der Waals surface area (Å²) in [4.78, 5) is 0. The molecule has 0 radical (unpaired) electrons. The lowest BCUT2D eigenvalue weighted by molar-refractivity contribution is 0.602. The second-order valence-electron chi connectivity index (χ2n) is 4.00. The van der Waals surface area contributed by atoms with Gasteiger partial charge in [-0.1, -0.05) is 13.0 Å². The van der Waals surface area contributed by atoms with Crippen LogP contribution in [0.2, 0.25) is 0 Å². The first-order chi connectivity index (χ1) is 7.74. The van der Waals surface area contributed by atoms with E-state index >= 15 is 0 Å². The van der Waals surface area contributed by atoms with Gasteiger partial charge in [-0.3, -0.25) is 0 Å². The number of nitrogens with one attached hydrogen (secondary N) is 2. The maximum Gasteiger partial charge on any atom is 0.123 e. The maximum atomic E-state index is 12.8. The van der Waals surface area contributed by atoms with Crippen LogP contribution < -0.4 is 10.6 Å². The number of halogens is 1. The Hall–Kier alpha value is -0.930. The second-order valence-corrected chi connectivity index (χ2v) is 4.00. The summed E-state index contributed by atoms with van der Waals surface area (Å²) in [5, 5.41) is 6.66. The number of rotatable bonds is 7. The lowest BCUT2D eigenvalue weighted by Crippen LogP contribution is -2.27. The Morgan fingerprint density at radius 2 is 1.88 bits per heavy atom. The number of hydrogen-bond donors (Lipinski definition) is 2. The summed E-state index contributed by atoms with van der Waals surface area (Å²) in [7, 11) is 0. The predicted molar refractivity (Wildman–Crippen MR) is 66.0 cm³/mol. The number of benzene rings is 1. The summed E-state index contributed by atoms with van der Waals surface area (Å²) >= 11 is 0. The molecule has 0 aromatic heterocycles. The van der Waals surface area contributed by atoms with Crippen molar-refractivity contribution in [2.24, 2.45) is 0 Å². The molecule has 0 fully saturated rings. The normalized spacial score (nSPS) is 10.7. The van der Waals surface area contributed by atoms with Crippen molar-refractivity contribution in [3.05, 3.63) is 35.1 Å². The molecule has 90 valence electrons. The average Bonchev–Trinajstić information content (AvgIpc) is 2.26. The van der Waals surface area contributed by atoms with Gasteiger partial charge in [-0.05, 0) is 43.1 Å². The zero-order valence-electron chi connectivity index (χ0n) is 10.1. The fourth-order valence-corrected chi connectivity index (χ4v) is 1.56. The van der Waals surface area contributed by atoms with Crippen molar-refractivity contribution >= 4 is 0 Å². The number of aryl methyl sites for hydroxylation is 1. The van der Waals surface area contributed by atoms with Gasteiger partial charge in [-0.25, -0.2) is 4.39 Å². The highest BCUT2D eigenvalue weighted by Gasteiger charge is 1.98. The average molecular weight is 224 g/mol. The molecule has 0 aliphatic heterocycles. The molecular formula is C13H21FN2. The van der Waals surface area contributed by atoms with Crippen molar-refractivity contribution in [3.8, 4) is 0 Å². The van der Waals surface area contributed by atoms with Gasteiger partial charge in [-0.2, -0.15) is 0 Å². The maximum absolute atomic E-state index is 12.8. The van der Waals surface area contributed by atoms with Crippen LogP contribution in [0.3, 0.4) is 0 Å². The molecule has 16 heavy (non-hydrogen) atoms. The van der Waals surface area contributed by atoms with E-state index in [-0.39, 0.29) is 5.82 Å². The van der Waals surface area contributed by atoms with Crippen molar-refractivity contribution in [2.75, 3.05) is 19.6 Å². The highest BCUT2D eigenvalue weighted by molar-refractivity contribution is 5.26. The molecule has 0 atom stereocenters. The van der Waals surface area contributed by atoms with Crippen molar-refractivity contribution in [1.29, 1.82) is 0 Å². The van der Waals surface area contributed by atoms with Crippen molar-refractivity contribution in [3.63, 3.8) is 0 Å². The standard InChI is InChI=1S/C13H21FN2/c1-3-6-15-7-8-16-10-12-4-5-13(14)9-11(12)2/h4-5,9,15-16H,3,6-8,10H2,1-2H3. The van der Waals surface area contributed by atoms with Gasteiger partial charge >= 0.3 is 0 Å². The van der Waals surface area contributed by atoms with Crippen molar-refractivity contribution in [1.82, 2.24) is 10.6 Å². The van der Waals surface area contributed by atoms with E-state index in [0.29, 0.717) is 0 Å². The van der Waals surface area contributed by atoms with Gasteiger partial charge in [-0.15, -0.1) is 0 Å². The van der Waals surface area contributed by atoms with Crippen LogP contribution in [-0.4, -0.2) is 19.6 Å². The molecule has 0 amide bonds. The van der Waals surface area contributed by atoms with E-state index in [4.69, 9.17) is 0 Å². The van der Waals surface area contributed by atoms with Gasteiger partial charge in [0.25, 0.3) is 0 Å². The fraction of sp³-hybridized carbons (Fsp3) is 0.538. The van der Waals surface area contributed by atoms with E-state index in [2.05, 4.69) is 17.6 Å². The molecule has 0 bridgehead atoms. The van der Waals surface area contributed by atoms with Crippen LogP contribution in [0.5, 0.6) is 0 Å². The van der Waals surface area contributed by atoms with Crippen LogP contribution in [0.25, 0.3) is 0 Å². The van der Waals surface area contributed by atoms with Crippen LogP contribution in [0.15, 0.2) is 18.2 Å². The fourth-order valence-electron chi connectivity index (χ4n) is 1.56. The van der Waals surface area contributed by atoms with Crippen LogP contribution in [0.4, 0.5) is 4.39 Å². The first-order valence-electron chi connectivity index (χ1n) is 5.90. The lowest BCUT2D eigenvalue weighted by Gasteiger charge is -2.08. The molecule has 0 aliphatic rings. The zero-order valence-corrected chi connectivity index (χ0v) is 10.1. The van der Waals surface area contributed by atoms with E-state index < -0.39 is 0 Å². The molecular weight excluding hydrogens is 203 g/mol. The molecule has 0 saturated heterocycles. The Bertz CT molecular complexity index is 313. The predicted octanol–water partition coefficient (Wildman–Crippen LogP) is 2.22. The molecule has 2 nitrogen and oxygen atoms in total. The van der Waals surface area contributed by atoms with Crippen LogP contribution >= 0.6 is 0 Å². The molecule has 2 N–H and O–H groups in total. The summed E-state index contributed by atoms with van der Waals surface area (Å²) in [5.74, 6) is -0.161. The quantitative estimate of drug-likeness (QED) is 0.694. The van der Waals surface area contributed by atoms with Gasteiger partial charge < -0.3 is 10.6 Å². The van der Waals surface area contributed by atoms with Crippen LogP contribution in [0, 0.1) is 12.7 Å². The topological polar surface area (TPSA) is 24.1 Å². The Morgan fingerprint density at radius 3 is 2.56 bits per heavy atom. The van der Waals surface area contributed by atoms with Crippen molar-refractivity contribution < 1.29 is 4.39 Å². The van der Waals surface area contributed by atoms with Gasteiger partial charge in [0, 0.05) is 19.6 Å². The molecule has 3 heteroatoms. The lowest BCUT2D eigenvalue weighted by atomic mass is 10.1. The highest BCUT2D eigenvalue weighted by atomic mass is 19.1. The molecule has 0 unspecified atom stereocenters. The summed E-state index contributed by atoms with van der Waals surface area (Å²) < 4.78 is 12.8. The van der Waals surface area contributed by atoms with E-state index in [1.807, 2.05) is 13.0 Å². The largest absolute Gasteiger partial charge is 0.315 e. The van der Waals surface area contributed by atoms with Gasteiger partial charge in [0.05, 0.1) is 0 Å². The highest BCUT2D eigenvalue weighted by Crippen LogP contribution is 2.09. The minimum atomic E-state index is -0.161. The monoisotopic (exact) mass is 224 g/mol. The molecule has 1 aromatic rings. The molecule has 1 aromatic carbocycles. The molecule has 0 heterocycles. The molecule has 0 saturated carbocycles. The summed E-state index contributed by atoms with van der Waals surface area (Å²) in [5.41, 5.74) is 2.17. The second kappa shape index (κ2) is 7.36. The molecule has 1 rings (SSSR count). The molecule has 0 aliphatic carbocycles. The third-order valence-corrected chi connectivity index (χ3v) is 2.53. The Balaban J connectivity index is 2.21. The zero-order chi connectivity index (χ0) is 11.8. The van der Waals surface area contributed by atoms with E-state index in [9.17, 15) is 4.39 Å². The summed E-state index contributed by atoms with van der Waals surface area (Å²) in [6.07, 6.45) is 1.16. The summed E-state index contributed by atoms with van der Waals surface area (Å²) in [6.45, 7) is 7.89. The Morgan fingerprint density at radius 1 is 1.12 bits per heavy atom. The van der Waals surface area contributed by atoms with Gasteiger partial charge in [0.2, 0.25) is 0 Å². The summed E-state index contributed by atoms with van der Waals surface area (Å²) in [6, 6.07) is 4.93. The van der Waals surface area contributed by atoms with Gasteiger partial charge in [0.15, 0.2) is 0 Å². The molecule has 0 spiro atoms. The van der Waals surface area contributed by atoms with Crippen LogP contribution in [0.1, 0.15) is 24.5 Å². The number of hydrogen-bond acceptors (Lipinski definition) is 2. The van der Waals surface area contributed by atoms with E-state index in [0.717, 1.165) is 43.7 Å².